The van der Waals surface area contributed by atoms with Crippen molar-refractivity contribution in [1.82, 2.24) is 0 Å². The first-order valence-electron chi connectivity index (χ1n) is 9.08. The molecule has 2 rings (SSSR count). The van der Waals surface area contributed by atoms with Crippen molar-refractivity contribution in [1.29, 1.82) is 0 Å². The van der Waals surface area contributed by atoms with Gasteiger partial charge in [-0.3, -0.25) is 0 Å². The van der Waals surface area contributed by atoms with Crippen molar-refractivity contribution in [3.63, 3.8) is 0 Å². The van der Waals surface area contributed by atoms with E-state index in [0.717, 1.165) is 5.32 Å². The van der Waals surface area contributed by atoms with Crippen molar-refractivity contribution in [3.05, 3.63) is 76.4 Å². The Balaban J connectivity index is 2.29. The molecule has 0 aliphatic carbocycles. The summed E-state index contributed by atoms with van der Waals surface area (Å²) in [6.07, 6.45) is -2.91. The lowest BCUT2D eigenvalue weighted by atomic mass is 9.98. The third-order valence-corrected chi connectivity index (χ3v) is 4.81. The van der Waals surface area contributed by atoms with Crippen molar-refractivity contribution < 1.29 is 52.7 Å². The van der Waals surface area contributed by atoms with E-state index in [2.05, 4.69) is 13.2 Å². The second-order valence-electron chi connectivity index (χ2n) is 6.86. The van der Waals surface area contributed by atoms with Crippen LogP contribution in [0.2, 0.25) is 0 Å². The van der Waals surface area contributed by atoms with Crippen LogP contribution in [0, 0.1) is 46.5 Å². The predicted octanol–water partition coefficient (Wildman–Crippen LogP) is 7.40. The molecule has 0 amide bonds. The van der Waals surface area contributed by atoms with Gasteiger partial charge in [0.25, 0.3) is 0 Å². The van der Waals surface area contributed by atoms with Gasteiger partial charge in [0.05, 0.1) is 17.7 Å². The van der Waals surface area contributed by atoms with Crippen LogP contribution < -0.4 is 5.32 Å². The highest BCUT2D eigenvalue weighted by Gasteiger charge is 2.55. The SMILES string of the molecule is C=Cc1c(F)c(F)c(CCC(F)(F)C(F)(F)CNc2c(F)c(F)c(C=C)c(F)c2F)c(F)c1F. The lowest BCUT2D eigenvalue weighted by Crippen LogP contribution is -2.46. The maximum atomic E-state index is 14.1. The number of nitrogens with one attached hydrogen (secondary N) is 1. The summed E-state index contributed by atoms with van der Waals surface area (Å²) in [5.74, 6) is -27.1. The molecule has 34 heavy (non-hydrogen) atoms. The van der Waals surface area contributed by atoms with Gasteiger partial charge in [-0.1, -0.05) is 25.3 Å². The molecular weight excluding hydrogens is 494 g/mol. The van der Waals surface area contributed by atoms with Crippen LogP contribution in [0.4, 0.5) is 58.4 Å². The van der Waals surface area contributed by atoms with Gasteiger partial charge in [-0.05, 0) is 6.42 Å². The number of alkyl halides is 4. The van der Waals surface area contributed by atoms with Crippen LogP contribution in [0.15, 0.2) is 13.2 Å². The van der Waals surface area contributed by atoms with E-state index in [-0.39, 0.29) is 0 Å². The second kappa shape index (κ2) is 9.63. The summed E-state index contributed by atoms with van der Waals surface area (Å²) in [6.45, 7) is 3.53. The van der Waals surface area contributed by atoms with Crippen molar-refractivity contribution in [2.24, 2.45) is 0 Å². The molecule has 0 unspecified atom stereocenters. The maximum Gasteiger partial charge on any atom is 0.326 e. The van der Waals surface area contributed by atoms with E-state index in [0.29, 0.717) is 12.2 Å². The van der Waals surface area contributed by atoms with Crippen LogP contribution >= 0.6 is 0 Å². The number of rotatable bonds is 9. The van der Waals surface area contributed by atoms with Crippen LogP contribution in [-0.4, -0.2) is 18.4 Å². The molecule has 0 aliphatic heterocycles. The van der Waals surface area contributed by atoms with Crippen LogP contribution in [-0.2, 0) is 6.42 Å². The van der Waals surface area contributed by atoms with Gasteiger partial charge in [-0.15, -0.1) is 0 Å². The summed E-state index contributed by atoms with van der Waals surface area (Å²) in [5, 5.41) is 1.14. The molecule has 2 aromatic rings. The molecule has 0 aliphatic rings. The minimum absolute atomic E-state index is 0.384. The number of halogens is 12. The topological polar surface area (TPSA) is 12.0 Å². The summed E-state index contributed by atoms with van der Waals surface area (Å²) in [6, 6.07) is 0. The van der Waals surface area contributed by atoms with Crippen LogP contribution in [0.1, 0.15) is 23.1 Å². The van der Waals surface area contributed by atoms with Crippen molar-refractivity contribution in [2.45, 2.75) is 24.7 Å². The number of hydrogen-bond donors (Lipinski definition) is 1. The fourth-order valence-electron chi connectivity index (χ4n) is 2.87. The lowest BCUT2D eigenvalue weighted by molar-refractivity contribution is -0.203. The predicted molar refractivity (Wildman–Crippen MR) is 99.4 cm³/mol. The Hall–Kier alpha value is -3.12. The van der Waals surface area contributed by atoms with E-state index >= 15 is 0 Å². The zero-order valence-electron chi connectivity index (χ0n) is 16.7. The fraction of sp³-hybridized carbons (Fsp3) is 0.238. The van der Waals surface area contributed by atoms with E-state index in [9.17, 15) is 52.7 Å². The zero-order chi connectivity index (χ0) is 26.2. The van der Waals surface area contributed by atoms with E-state index in [1.807, 2.05) is 0 Å². The Kier molecular flexibility index (Phi) is 7.68. The Morgan fingerprint density at radius 3 is 1.35 bits per heavy atom. The normalized spacial score (nSPS) is 12.1. The highest BCUT2D eigenvalue weighted by Crippen LogP contribution is 2.40. The monoisotopic (exact) mass is 507 g/mol. The molecule has 0 aromatic heterocycles. The molecule has 0 fully saturated rings. The Bertz CT molecular complexity index is 992. The average molecular weight is 507 g/mol. The van der Waals surface area contributed by atoms with E-state index < -0.39 is 100 Å². The Morgan fingerprint density at radius 2 is 0.971 bits per heavy atom. The van der Waals surface area contributed by atoms with Gasteiger partial charge in [-0.2, -0.15) is 17.6 Å². The summed E-state index contributed by atoms with van der Waals surface area (Å²) in [5.41, 5.74) is -5.93. The number of hydrogen-bond acceptors (Lipinski definition) is 1. The van der Waals surface area contributed by atoms with Crippen LogP contribution in [0.25, 0.3) is 12.2 Å². The minimum atomic E-state index is -5.22. The van der Waals surface area contributed by atoms with Crippen molar-refractivity contribution >= 4 is 17.8 Å². The molecule has 186 valence electrons. The number of anilines is 1. The largest absolute Gasteiger partial charge is 0.374 e. The van der Waals surface area contributed by atoms with Gasteiger partial charge >= 0.3 is 11.8 Å². The van der Waals surface area contributed by atoms with Gasteiger partial charge in [0.1, 0.15) is 5.69 Å². The van der Waals surface area contributed by atoms with Gasteiger partial charge in [0, 0.05) is 12.0 Å². The molecule has 2 aromatic carbocycles. The summed E-state index contributed by atoms with van der Waals surface area (Å²) < 4.78 is 167. The molecule has 0 saturated heterocycles. The average Bonchev–Trinajstić information content (AvgIpc) is 2.77. The Morgan fingerprint density at radius 1 is 0.588 bits per heavy atom. The molecule has 0 atom stereocenters. The van der Waals surface area contributed by atoms with Crippen molar-refractivity contribution in [3.8, 4) is 0 Å². The van der Waals surface area contributed by atoms with Crippen LogP contribution in [0.5, 0.6) is 0 Å². The fourth-order valence-corrected chi connectivity index (χ4v) is 2.87. The van der Waals surface area contributed by atoms with E-state index in [4.69, 9.17) is 0 Å². The third kappa shape index (κ3) is 4.60. The first kappa shape index (κ1) is 27.1. The lowest BCUT2D eigenvalue weighted by Gasteiger charge is -2.27. The van der Waals surface area contributed by atoms with Crippen molar-refractivity contribution in [2.75, 3.05) is 11.9 Å². The molecule has 0 saturated carbocycles. The van der Waals surface area contributed by atoms with E-state index in [1.165, 1.54) is 0 Å². The van der Waals surface area contributed by atoms with Gasteiger partial charge in [0.15, 0.2) is 46.5 Å². The minimum Gasteiger partial charge on any atom is -0.374 e. The first-order valence-corrected chi connectivity index (χ1v) is 9.08. The molecule has 0 radical (unpaired) electrons. The molecule has 13 heteroatoms. The second-order valence-corrected chi connectivity index (χ2v) is 6.86. The third-order valence-electron chi connectivity index (χ3n) is 4.81. The smallest absolute Gasteiger partial charge is 0.326 e. The quantitative estimate of drug-likeness (QED) is 0.276. The van der Waals surface area contributed by atoms with Gasteiger partial charge < -0.3 is 5.32 Å². The molecule has 1 nitrogen and oxygen atoms in total. The molecule has 0 spiro atoms. The highest BCUT2D eigenvalue weighted by atomic mass is 19.3. The molecular formula is C21H13F12N. The first-order chi connectivity index (χ1) is 15.6. The summed E-state index contributed by atoms with van der Waals surface area (Å²) in [7, 11) is 0. The van der Waals surface area contributed by atoms with E-state index in [1.54, 1.807) is 0 Å². The molecule has 0 bridgehead atoms. The zero-order valence-corrected chi connectivity index (χ0v) is 16.7. The standard InChI is InChI=1S/C21H13F12N/c1-3-8-11(22)15(26)10(16(27)12(8)23)5-6-20(30,31)21(32,33)7-34-19-17(28)13(24)9(4-2)14(25)18(19)29/h3-4,34H,1-2,5-7H2. The maximum absolute atomic E-state index is 14.1. The highest BCUT2D eigenvalue weighted by molar-refractivity contribution is 5.58. The number of benzene rings is 2. The van der Waals surface area contributed by atoms with Gasteiger partial charge in [-0.25, -0.2) is 35.1 Å². The van der Waals surface area contributed by atoms with Crippen LogP contribution in [0.3, 0.4) is 0 Å². The van der Waals surface area contributed by atoms with Gasteiger partial charge in [0.2, 0.25) is 0 Å². The summed E-state index contributed by atoms with van der Waals surface area (Å²) >= 11 is 0. The Labute approximate surface area is 184 Å². The molecule has 1 N–H and O–H groups in total. The summed E-state index contributed by atoms with van der Waals surface area (Å²) in [4.78, 5) is 0. The molecule has 0 heterocycles.